The van der Waals surface area contributed by atoms with E-state index in [4.69, 9.17) is 5.11 Å². The molecule has 0 bridgehead atoms. The fourth-order valence-electron chi connectivity index (χ4n) is 2.29. The average Bonchev–Trinajstić information content (AvgIpc) is 2.41. The van der Waals surface area contributed by atoms with Crippen molar-refractivity contribution in [3.05, 3.63) is 33.4 Å². The summed E-state index contributed by atoms with van der Waals surface area (Å²) < 4.78 is 1.14. The molecule has 1 N–H and O–H groups in total. The van der Waals surface area contributed by atoms with Crippen molar-refractivity contribution >= 4 is 34.5 Å². The van der Waals surface area contributed by atoms with E-state index in [0.717, 1.165) is 15.6 Å². The van der Waals surface area contributed by atoms with Crippen molar-refractivity contribution in [2.45, 2.75) is 19.3 Å². The van der Waals surface area contributed by atoms with Gasteiger partial charge in [0.05, 0.1) is 12.3 Å². The van der Waals surface area contributed by atoms with Crippen molar-refractivity contribution in [3.8, 4) is 0 Å². The van der Waals surface area contributed by atoms with E-state index in [1.807, 2.05) is 24.3 Å². The number of likely N-dealkylation sites (tertiary alicyclic amines) is 1. The molecule has 0 radical (unpaired) electrons. The Morgan fingerprint density at radius 2 is 2.00 bits per heavy atom. The van der Waals surface area contributed by atoms with Crippen LogP contribution in [0.5, 0.6) is 0 Å². The average molecular weight is 373 g/mol. The van der Waals surface area contributed by atoms with Gasteiger partial charge in [-0.1, -0.05) is 12.1 Å². The molecule has 5 heteroatoms. The summed E-state index contributed by atoms with van der Waals surface area (Å²) in [6.45, 7) is 1.02. The Kier molecular flexibility index (Phi) is 4.79. The number of hydrogen-bond donors (Lipinski definition) is 1. The summed E-state index contributed by atoms with van der Waals surface area (Å²) >= 11 is 2.22. The van der Waals surface area contributed by atoms with Gasteiger partial charge in [0.15, 0.2) is 0 Å². The van der Waals surface area contributed by atoms with Gasteiger partial charge >= 0.3 is 5.97 Å². The van der Waals surface area contributed by atoms with Crippen LogP contribution < -0.4 is 0 Å². The molecular formula is C14H16INO3. The van der Waals surface area contributed by atoms with E-state index in [1.165, 1.54) is 0 Å². The number of benzene rings is 1. The van der Waals surface area contributed by atoms with Gasteiger partial charge in [0, 0.05) is 16.7 Å². The van der Waals surface area contributed by atoms with E-state index in [1.54, 1.807) is 4.90 Å². The third kappa shape index (κ3) is 3.92. The minimum atomic E-state index is -0.799. The van der Waals surface area contributed by atoms with Crippen LogP contribution in [0.2, 0.25) is 0 Å². The highest BCUT2D eigenvalue weighted by molar-refractivity contribution is 14.1. The van der Waals surface area contributed by atoms with Crippen molar-refractivity contribution < 1.29 is 14.7 Å². The van der Waals surface area contributed by atoms with E-state index in [9.17, 15) is 9.59 Å². The zero-order chi connectivity index (χ0) is 13.8. The summed E-state index contributed by atoms with van der Waals surface area (Å²) in [5, 5.41) is 9.02. The molecular weight excluding hydrogens is 357 g/mol. The summed E-state index contributed by atoms with van der Waals surface area (Å²) in [6.07, 6.45) is 1.79. The lowest BCUT2D eigenvalue weighted by atomic mass is 9.97. The van der Waals surface area contributed by atoms with Gasteiger partial charge in [-0.15, -0.1) is 0 Å². The number of halogens is 1. The number of amides is 1. The molecule has 0 aliphatic carbocycles. The molecule has 1 atom stereocenters. The first kappa shape index (κ1) is 14.3. The molecule has 1 aliphatic heterocycles. The first-order valence-electron chi connectivity index (χ1n) is 6.31. The first-order valence-corrected chi connectivity index (χ1v) is 7.39. The van der Waals surface area contributed by atoms with Crippen LogP contribution in [0.25, 0.3) is 0 Å². The zero-order valence-electron chi connectivity index (χ0n) is 10.5. The van der Waals surface area contributed by atoms with Crippen LogP contribution >= 0.6 is 22.6 Å². The van der Waals surface area contributed by atoms with Crippen molar-refractivity contribution in [1.29, 1.82) is 0 Å². The fourth-order valence-corrected chi connectivity index (χ4v) is 2.65. The van der Waals surface area contributed by atoms with Crippen LogP contribution in [0.3, 0.4) is 0 Å². The zero-order valence-corrected chi connectivity index (χ0v) is 12.7. The standard InChI is InChI=1S/C14H16INO3/c15-12-5-3-10(4-6-12)8-13(17)16-7-1-2-11(9-16)14(18)19/h3-6,11H,1-2,7-9H2,(H,18,19). The maximum atomic E-state index is 12.2. The molecule has 102 valence electrons. The Hall–Kier alpha value is -1.11. The van der Waals surface area contributed by atoms with Crippen molar-refractivity contribution in [1.82, 2.24) is 4.90 Å². The van der Waals surface area contributed by atoms with E-state index < -0.39 is 11.9 Å². The Morgan fingerprint density at radius 3 is 2.63 bits per heavy atom. The highest BCUT2D eigenvalue weighted by atomic mass is 127. The summed E-state index contributed by atoms with van der Waals surface area (Å²) in [4.78, 5) is 24.8. The molecule has 1 heterocycles. The molecule has 0 spiro atoms. The van der Waals surface area contributed by atoms with Gasteiger partial charge in [0.2, 0.25) is 5.91 Å². The lowest BCUT2D eigenvalue weighted by molar-refractivity contribution is -0.145. The Bertz CT molecular complexity index is 472. The molecule has 1 amide bonds. The highest BCUT2D eigenvalue weighted by Gasteiger charge is 2.27. The highest BCUT2D eigenvalue weighted by Crippen LogP contribution is 2.18. The van der Waals surface area contributed by atoms with E-state index in [2.05, 4.69) is 22.6 Å². The molecule has 1 aromatic carbocycles. The van der Waals surface area contributed by atoms with Crippen LogP contribution in [0.4, 0.5) is 0 Å². The number of piperidine rings is 1. The largest absolute Gasteiger partial charge is 0.481 e. The molecule has 0 saturated carbocycles. The SMILES string of the molecule is O=C(O)C1CCCN(C(=O)Cc2ccc(I)cc2)C1. The van der Waals surface area contributed by atoms with Crippen molar-refractivity contribution in [2.75, 3.05) is 13.1 Å². The number of aliphatic carboxylic acids is 1. The van der Waals surface area contributed by atoms with Crippen molar-refractivity contribution in [3.63, 3.8) is 0 Å². The molecule has 19 heavy (non-hydrogen) atoms. The molecule has 0 aromatic heterocycles. The smallest absolute Gasteiger partial charge is 0.308 e. The third-order valence-corrected chi connectivity index (χ3v) is 4.11. The number of carboxylic acid groups (broad SMARTS) is 1. The predicted octanol–water partition coefficient (Wildman–Crippen LogP) is 2.16. The van der Waals surface area contributed by atoms with Crippen LogP contribution in [-0.4, -0.2) is 35.0 Å². The summed E-state index contributed by atoms with van der Waals surface area (Å²) in [5.74, 6) is -1.19. The third-order valence-electron chi connectivity index (χ3n) is 3.39. The van der Waals surface area contributed by atoms with Gasteiger partial charge in [-0.3, -0.25) is 9.59 Å². The molecule has 1 unspecified atom stereocenters. The minimum absolute atomic E-state index is 0.0205. The number of carboxylic acids is 1. The number of nitrogens with zero attached hydrogens (tertiary/aromatic N) is 1. The Labute approximate surface area is 125 Å². The van der Waals surface area contributed by atoms with Gasteiger partial charge < -0.3 is 10.0 Å². The fraction of sp³-hybridized carbons (Fsp3) is 0.429. The van der Waals surface area contributed by atoms with Gasteiger partial charge in [-0.05, 0) is 53.1 Å². The number of carbonyl (C=O) groups is 2. The van der Waals surface area contributed by atoms with E-state index >= 15 is 0 Å². The number of carbonyl (C=O) groups excluding carboxylic acids is 1. The summed E-state index contributed by atoms with van der Waals surface area (Å²) in [6, 6.07) is 7.83. The quantitative estimate of drug-likeness (QED) is 0.827. The van der Waals surface area contributed by atoms with E-state index in [-0.39, 0.29) is 5.91 Å². The maximum Gasteiger partial charge on any atom is 0.308 e. The first-order chi connectivity index (χ1) is 9.06. The van der Waals surface area contributed by atoms with E-state index in [0.29, 0.717) is 25.9 Å². The van der Waals surface area contributed by atoms with Gasteiger partial charge in [0.1, 0.15) is 0 Å². The molecule has 1 saturated heterocycles. The van der Waals surface area contributed by atoms with Gasteiger partial charge in [-0.2, -0.15) is 0 Å². The lowest BCUT2D eigenvalue weighted by Crippen LogP contribution is -2.42. The topological polar surface area (TPSA) is 57.6 Å². The van der Waals surface area contributed by atoms with Gasteiger partial charge in [-0.25, -0.2) is 0 Å². The van der Waals surface area contributed by atoms with Crippen molar-refractivity contribution in [2.24, 2.45) is 5.92 Å². The molecule has 1 fully saturated rings. The minimum Gasteiger partial charge on any atom is -0.481 e. The second-order valence-electron chi connectivity index (χ2n) is 4.82. The lowest BCUT2D eigenvalue weighted by Gasteiger charge is -2.30. The Morgan fingerprint density at radius 1 is 1.32 bits per heavy atom. The maximum absolute atomic E-state index is 12.2. The summed E-state index contributed by atoms with van der Waals surface area (Å²) in [5.41, 5.74) is 0.975. The molecule has 4 nitrogen and oxygen atoms in total. The molecule has 1 aliphatic rings. The predicted molar refractivity (Wildman–Crippen MR) is 79.8 cm³/mol. The molecule has 2 rings (SSSR count). The van der Waals surface area contributed by atoms with Crippen LogP contribution in [0.15, 0.2) is 24.3 Å². The van der Waals surface area contributed by atoms with Gasteiger partial charge in [0.25, 0.3) is 0 Å². The second kappa shape index (κ2) is 6.36. The summed E-state index contributed by atoms with van der Waals surface area (Å²) in [7, 11) is 0. The van der Waals surface area contributed by atoms with Crippen LogP contribution in [-0.2, 0) is 16.0 Å². The van der Waals surface area contributed by atoms with Crippen LogP contribution in [0.1, 0.15) is 18.4 Å². The molecule has 1 aromatic rings. The number of rotatable bonds is 3. The number of hydrogen-bond acceptors (Lipinski definition) is 2. The normalized spacial score (nSPS) is 19.2. The van der Waals surface area contributed by atoms with Crippen LogP contribution in [0, 0.1) is 9.49 Å². The monoisotopic (exact) mass is 373 g/mol. The Balaban J connectivity index is 1.96. The second-order valence-corrected chi connectivity index (χ2v) is 6.07.